The number of nitrogens with one attached hydrogen (secondary N) is 4. The maximum Gasteiger partial charge on any atom is 0.410 e. The molecule has 5 N–H and O–H groups in total. The second-order valence-corrected chi connectivity index (χ2v) is 16.4. The monoisotopic (exact) mass is 761 g/mol. The number of aliphatic hydroxyl groups excluding tert-OH is 1. The van der Waals surface area contributed by atoms with Crippen molar-refractivity contribution >= 4 is 47.5 Å². The minimum atomic E-state index is -1.20. The highest BCUT2D eigenvalue weighted by Gasteiger charge is 2.34. The molecule has 2 fully saturated rings. The maximum absolute atomic E-state index is 13.9. The summed E-state index contributed by atoms with van der Waals surface area (Å²) in [5, 5.41) is 27.3. The van der Waals surface area contributed by atoms with E-state index in [1.54, 1.807) is 20.8 Å². The molecule has 0 bridgehead atoms. The number of nitrogens with zero attached hydrogens (tertiary/aromatic N) is 3. The van der Waals surface area contributed by atoms with Crippen LogP contribution in [0.3, 0.4) is 0 Å². The van der Waals surface area contributed by atoms with Crippen LogP contribution in [-0.2, 0) is 25.5 Å². The molecule has 1 aliphatic carbocycles. The highest BCUT2D eigenvalue weighted by Crippen LogP contribution is 2.29. The minimum absolute atomic E-state index is 0.116. The molecule has 1 aromatic heterocycles. The van der Waals surface area contributed by atoms with Crippen molar-refractivity contribution in [3.8, 4) is 0 Å². The van der Waals surface area contributed by atoms with Gasteiger partial charge in [0, 0.05) is 37.1 Å². The number of H-pyrrole nitrogens is 1. The number of piperidine rings is 1. The Morgan fingerprint density at radius 2 is 1.71 bits per heavy atom. The van der Waals surface area contributed by atoms with Gasteiger partial charge in [0.2, 0.25) is 5.91 Å². The molecule has 4 amide bonds. The van der Waals surface area contributed by atoms with Crippen molar-refractivity contribution in [1.82, 2.24) is 36.0 Å². The molecule has 4 atom stereocenters. The number of aromatic nitrogens is 3. The van der Waals surface area contributed by atoms with Crippen molar-refractivity contribution < 1.29 is 33.8 Å². The zero-order chi connectivity index (χ0) is 37.5. The van der Waals surface area contributed by atoms with Gasteiger partial charge in [-0.1, -0.05) is 74.2 Å². The summed E-state index contributed by atoms with van der Waals surface area (Å²) in [6.07, 6.45) is 7.33. The molecule has 4 rings (SSSR count). The molecule has 1 aromatic carbocycles. The molecule has 0 unspecified atom stereocenters. The molecule has 52 heavy (non-hydrogen) atoms. The fourth-order valence-corrected chi connectivity index (χ4v) is 7.80. The van der Waals surface area contributed by atoms with E-state index in [2.05, 4.69) is 31.1 Å². The number of benzene rings is 1. The zero-order valence-corrected chi connectivity index (χ0v) is 32.3. The van der Waals surface area contributed by atoms with Gasteiger partial charge in [-0.05, 0) is 57.8 Å². The van der Waals surface area contributed by atoms with Crippen LogP contribution in [0.2, 0.25) is 0 Å². The number of amides is 4. The first-order valence-electron chi connectivity index (χ1n) is 18.1. The lowest BCUT2D eigenvalue weighted by Crippen LogP contribution is -2.56. The lowest BCUT2D eigenvalue weighted by molar-refractivity contribution is -0.134. The number of ether oxygens (including phenoxy) is 2. The molecule has 1 saturated carbocycles. The van der Waals surface area contributed by atoms with Gasteiger partial charge >= 0.3 is 12.2 Å². The molecule has 1 aliphatic heterocycles. The van der Waals surface area contributed by atoms with E-state index in [0.29, 0.717) is 49.2 Å². The quantitative estimate of drug-likeness (QED) is 0.154. The Bertz CT molecular complexity index is 1400. The first-order chi connectivity index (χ1) is 24.9. The molecule has 16 heteroatoms. The molecule has 1 saturated heterocycles. The smallest absolute Gasteiger partial charge is 0.410 e. The van der Waals surface area contributed by atoms with E-state index in [1.807, 2.05) is 36.6 Å². The second kappa shape index (κ2) is 20.7. The lowest BCUT2D eigenvalue weighted by atomic mass is 9.84. The van der Waals surface area contributed by atoms with Gasteiger partial charge in [0.15, 0.2) is 11.3 Å². The van der Waals surface area contributed by atoms with Crippen molar-refractivity contribution in [2.75, 3.05) is 30.9 Å². The van der Waals surface area contributed by atoms with Crippen LogP contribution in [0.25, 0.3) is 0 Å². The van der Waals surface area contributed by atoms with Gasteiger partial charge < -0.3 is 35.4 Å². The van der Waals surface area contributed by atoms with Crippen molar-refractivity contribution in [2.24, 2.45) is 5.92 Å². The Hall–Kier alpha value is -3.50. The van der Waals surface area contributed by atoms with E-state index < -0.39 is 53.9 Å². The highest BCUT2D eigenvalue weighted by atomic mass is 32.2. The standard InChI is InChI=1S/C36H55N7O7S2/c1-36(2,3)50-34(47)39-26-15-17-43(18-16-26)35(48)49-30(20-25-13-9-6-10-14-25)32(46)41-28(21-51-4)31(45)40-27(19-24-11-7-5-8-12-24)29(44)22-52-33-37-23-38-42-33/h6,9-10,13-14,23-24,26-30,44H,5,7-8,11-12,15-22H2,1-4H3,(H,39,47)(H,40,45)(H,41,46)(H,37,38,42)/t27-,28-,29-,30-/m0/s1. The summed E-state index contributed by atoms with van der Waals surface area (Å²) in [7, 11) is 0. The fraction of sp³-hybridized carbons (Fsp3) is 0.667. The molecular weight excluding hydrogens is 707 g/mol. The van der Waals surface area contributed by atoms with Crippen molar-refractivity contribution in [2.45, 2.75) is 120 Å². The number of hydrogen-bond acceptors (Lipinski definition) is 11. The third-order valence-corrected chi connectivity index (χ3v) is 10.8. The first kappa shape index (κ1) is 41.3. The molecular formula is C36H55N7O7S2. The van der Waals surface area contributed by atoms with E-state index in [0.717, 1.165) is 31.2 Å². The number of alkyl carbamates (subject to hydrolysis) is 1. The van der Waals surface area contributed by atoms with Crippen LogP contribution in [0.4, 0.5) is 9.59 Å². The predicted octanol–water partition coefficient (Wildman–Crippen LogP) is 4.30. The molecule has 0 spiro atoms. The highest BCUT2D eigenvalue weighted by molar-refractivity contribution is 7.99. The summed E-state index contributed by atoms with van der Waals surface area (Å²) in [6, 6.07) is 7.63. The molecule has 288 valence electrons. The number of aliphatic hydroxyl groups is 1. The summed E-state index contributed by atoms with van der Waals surface area (Å²) in [5.41, 5.74) is 0.176. The Kier molecular flexibility index (Phi) is 16.4. The number of carbonyl (C=O) groups is 4. The van der Waals surface area contributed by atoms with E-state index >= 15 is 0 Å². The van der Waals surface area contributed by atoms with E-state index in [1.165, 1.54) is 41.2 Å². The summed E-state index contributed by atoms with van der Waals surface area (Å²) in [6.45, 7) is 6.05. The van der Waals surface area contributed by atoms with Crippen LogP contribution < -0.4 is 16.0 Å². The van der Waals surface area contributed by atoms with Crippen LogP contribution in [0.1, 0.15) is 77.7 Å². The third-order valence-electron chi connectivity index (χ3n) is 9.13. The van der Waals surface area contributed by atoms with Crippen LogP contribution in [0.5, 0.6) is 0 Å². The predicted molar refractivity (Wildman–Crippen MR) is 201 cm³/mol. The summed E-state index contributed by atoms with van der Waals surface area (Å²) in [4.78, 5) is 59.0. The fourth-order valence-electron chi connectivity index (χ4n) is 6.43. The van der Waals surface area contributed by atoms with Crippen LogP contribution in [0.15, 0.2) is 41.8 Å². The van der Waals surface area contributed by atoms with Crippen molar-refractivity contribution in [3.63, 3.8) is 0 Å². The number of aromatic amines is 1. The average Bonchev–Trinajstić information content (AvgIpc) is 3.64. The van der Waals surface area contributed by atoms with Gasteiger partial charge in [0.05, 0.1) is 12.1 Å². The van der Waals surface area contributed by atoms with E-state index in [4.69, 9.17) is 9.47 Å². The normalized spacial score (nSPS) is 18.1. The Morgan fingerprint density at radius 3 is 2.35 bits per heavy atom. The van der Waals surface area contributed by atoms with Crippen LogP contribution in [-0.4, -0.2) is 116 Å². The minimum Gasteiger partial charge on any atom is -0.444 e. The van der Waals surface area contributed by atoms with Gasteiger partial charge in [-0.25, -0.2) is 14.6 Å². The SMILES string of the molecule is CSC[C@H](NC(=O)[C@H](Cc1ccccc1)OC(=O)N1CCC(NC(=O)OC(C)(C)C)CC1)C(=O)N[C@@H](CC1CCCCC1)[C@@H](O)CSc1ncn[nH]1. The second-order valence-electron chi connectivity index (χ2n) is 14.5. The van der Waals surface area contributed by atoms with Crippen LogP contribution in [0, 0.1) is 5.92 Å². The van der Waals surface area contributed by atoms with Gasteiger partial charge in [0.1, 0.15) is 18.0 Å². The van der Waals surface area contributed by atoms with Gasteiger partial charge in [-0.2, -0.15) is 16.9 Å². The van der Waals surface area contributed by atoms with Crippen molar-refractivity contribution in [3.05, 3.63) is 42.2 Å². The topological polar surface area (TPSA) is 188 Å². The van der Waals surface area contributed by atoms with Gasteiger partial charge in [-0.15, -0.1) is 0 Å². The summed E-state index contributed by atoms with van der Waals surface area (Å²) < 4.78 is 11.2. The largest absolute Gasteiger partial charge is 0.444 e. The Morgan fingerprint density at radius 1 is 1.00 bits per heavy atom. The lowest BCUT2D eigenvalue weighted by Gasteiger charge is -2.33. The number of thioether (sulfide) groups is 2. The average molecular weight is 762 g/mol. The van der Waals surface area contributed by atoms with E-state index in [-0.39, 0.29) is 18.2 Å². The maximum atomic E-state index is 13.9. The number of hydrogen-bond donors (Lipinski definition) is 5. The summed E-state index contributed by atoms with van der Waals surface area (Å²) in [5.74, 6) is -0.0310. The van der Waals surface area contributed by atoms with Crippen molar-refractivity contribution in [1.29, 1.82) is 0 Å². The first-order valence-corrected chi connectivity index (χ1v) is 20.5. The molecule has 2 aliphatic rings. The number of likely N-dealkylation sites (tertiary alicyclic amines) is 1. The Labute approximate surface area is 315 Å². The summed E-state index contributed by atoms with van der Waals surface area (Å²) >= 11 is 2.73. The molecule has 2 heterocycles. The third kappa shape index (κ3) is 14.1. The van der Waals surface area contributed by atoms with Gasteiger partial charge in [-0.3, -0.25) is 14.7 Å². The molecule has 14 nitrogen and oxygen atoms in total. The Balaban J connectivity index is 1.40. The number of carbonyl (C=O) groups excluding carboxylic acids is 4. The number of rotatable bonds is 16. The van der Waals surface area contributed by atoms with Crippen LogP contribution >= 0.6 is 23.5 Å². The molecule has 2 aromatic rings. The van der Waals surface area contributed by atoms with Gasteiger partial charge in [0.25, 0.3) is 5.91 Å². The van der Waals surface area contributed by atoms with E-state index in [9.17, 15) is 24.3 Å². The zero-order valence-electron chi connectivity index (χ0n) is 30.7. The molecule has 0 radical (unpaired) electrons.